The van der Waals surface area contributed by atoms with Gasteiger partial charge in [0, 0.05) is 44.8 Å². The van der Waals surface area contributed by atoms with Crippen LogP contribution in [0.3, 0.4) is 0 Å². The van der Waals surface area contributed by atoms with Crippen LogP contribution in [0.1, 0.15) is 46.4 Å². The third kappa shape index (κ3) is 6.53. The third-order valence-corrected chi connectivity index (χ3v) is 5.15. The van der Waals surface area contributed by atoms with Crippen molar-refractivity contribution in [3.8, 4) is 0 Å². The van der Waals surface area contributed by atoms with Crippen molar-refractivity contribution in [3.63, 3.8) is 0 Å². The Morgan fingerprint density at radius 2 is 2.10 bits per heavy atom. The molecule has 2 unspecified atom stereocenters. The molecular weight excluding hydrogens is 479 g/mol. The number of ether oxygens (including phenoxy) is 1. The average molecular weight is 514 g/mol. The number of pyridine rings is 1. The van der Waals surface area contributed by atoms with E-state index in [1.807, 2.05) is 28.8 Å². The van der Waals surface area contributed by atoms with Crippen LogP contribution in [0.2, 0.25) is 0 Å². The Morgan fingerprint density at radius 3 is 2.86 bits per heavy atom. The maximum absolute atomic E-state index is 6.09. The van der Waals surface area contributed by atoms with Gasteiger partial charge < -0.3 is 15.4 Å². The van der Waals surface area contributed by atoms with E-state index in [1.54, 1.807) is 0 Å². The topological polar surface area (TPSA) is 75.8 Å². The van der Waals surface area contributed by atoms with E-state index in [1.165, 1.54) is 6.42 Å². The Balaban J connectivity index is 0.00000300. The van der Waals surface area contributed by atoms with Gasteiger partial charge in [0.2, 0.25) is 0 Å². The highest BCUT2D eigenvalue weighted by Gasteiger charge is 2.35. The molecule has 1 fully saturated rings. The van der Waals surface area contributed by atoms with E-state index >= 15 is 0 Å². The van der Waals surface area contributed by atoms with Crippen molar-refractivity contribution >= 4 is 35.6 Å². The second-order valence-corrected chi connectivity index (χ2v) is 8.50. The van der Waals surface area contributed by atoms with Crippen LogP contribution in [-0.2, 0) is 11.2 Å². The number of nitrogens with zero attached hydrogens (tertiary/aromatic N) is 4. The van der Waals surface area contributed by atoms with Crippen LogP contribution in [-0.4, -0.2) is 52.9 Å². The minimum atomic E-state index is 0. The predicted molar refractivity (Wildman–Crippen MR) is 128 cm³/mol. The van der Waals surface area contributed by atoms with Gasteiger partial charge in [0.15, 0.2) is 11.6 Å². The number of nitrogens with one attached hydrogen (secondary N) is 2. The Morgan fingerprint density at radius 1 is 1.28 bits per heavy atom. The Hall–Kier alpha value is -1.42. The number of hydrogen-bond acceptors (Lipinski definition) is 4. The maximum Gasteiger partial charge on any atom is 0.191 e. The molecule has 0 saturated carbocycles. The molecule has 1 aliphatic heterocycles. The quantitative estimate of drug-likeness (QED) is 0.352. The summed E-state index contributed by atoms with van der Waals surface area (Å²) in [7, 11) is 0. The molecule has 3 heterocycles. The van der Waals surface area contributed by atoms with E-state index in [2.05, 4.69) is 48.5 Å². The van der Waals surface area contributed by atoms with Crippen LogP contribution in [0, 0.1) is 11.3 Å². The van der Waals surface area contributed by atoms with E-state index in [9.17, 15) is 0 Å². The average Bonchev–Trinajstić information content (AvgIpc) is 3.09. The van der Waals surface area contributed by atoms with Crippen LogP contribution in [0.4, 0.5) is 0 Å². The molecule has 0 aliphatic carbocycles. The minimum Gasteiger partial charge on any atom is -0.377 e. The molecule has 8 heteroatoms. The van der Waals surface area contributed by atoms with Gasteiger partial charge in [-0.1, -0.05) is 26.8 Å². The van der Waals surface area contributed by atoms with Gasteiger partial charge >= 0.3 is 0 Å². The lowest BCUT2D eigenvalue weighted by atomic mass is 9.78. The Labute approximate surface area is 191 Å². The molecule has 0 aromatic carbocycles. The zero-order valence-corrected chi connectivity index (χ0v) is 20.3. The number of fused-ring (bicyclic) bond motifs is 1. The second kappa shape index (κ2) is 11.1. The number of rotatable bonds is 6. The Kier molecular flexibility index (Phi) is 9.13. The summed E-state index contributed by atoms with van der Waals surface area (Å²) in [6.45, 7) is 12.1. The normalized spacial score (nSPS) is 20.3. The highest BCUT2D eigenvalue weighted by Crippen LogP contribution is 2.34. The summed E-state index contributed by atoms with van der Waals surface area (Å²) in [5.41, 5.74) is 1.02. The molecule has 2 atom stereocenters. The first-order chi connectivity index (χ1) is 13.5. The molecule has 1 aliphatic rings. The zero-order chi connectivity index (χ0) is 20.0. The number of aromatic nitrogens is 3. The lowest BCUT2D eigenvalue weighted by Gasteiger charge is -2.39. The molecule has 0 amide bonds. The first-order valence-electron chi connectivity index (χ1n) is 10.4. The largest absolute Gasteiger partial charge is 0.377 e. The van der Waals surface area contributed by atoms with Crippen molar-refractivity contribution in [2.24, 2.45) is 16.3 Å². The number of halogens is 1. The van der Waals surface area contributed by atoms with Crippen molar-refractivity contribution in [2.45, 2.75) is 53.1 Å². The van der Waals surface area contributed by atoms with Crippen molar-refractivity contribution < 1.29 is 4.74 Å². The summed E-state index contributed by atoms with van der Waals surface area (Å²) < 4.78 is 8.12. The van der Waals surface area contributed by atoms with E-state index < -0.39 is 0 Å². The number of aliphatic imine (C=N–C) groups is 1. The first-order valence-corrected chi connectivity index (χ1v) is 10.4. The van der Waals surface area contributed by atoms with E-state index in [4.69, 9.17) is 9.73 Å². The lowest BCUT2D eigenvalue weighted by molar-refractivity contribution is -0.0823. The van der Waals surface area contributed by atoms with Crippen LogP contribution in [0.15, 0.2) is 29.4 Å². The number of guanidine groups is 1. The van der Waals surface area contributed by atoms with Crippen molar-refractivity contribution in [3.05, 3.63) is 30.2 Å². The van der Waals surface area contributed by atoms with Crippen LogP contribution in [0.25, 0.3) is 5.65 Å². The second-order valence-electron chi connectivity index (χ2n) is 8.50. The highest BCUT2D eigenvalue weighted by molar-refractivity contribution is 14.0. The molecule has 162 valence electrons. The standard InChI is InChI=1S/C21H34N6O.HI/c1-5-22-20(24-15-16-9-8-14-28-19(16)21(2,3)4)23-12-11-18-26-25-17-10-6-7-13-27(17)18;/h6-7,10,13,16,19H,5,8-9,11-12,14-15H2,1-4H3,(H2,22,23,24);1H. The highest BCUT2D eigenvalue weighted by atomic mass is 127. The predicted octanol–water partition coefficient (Wildman–Crippen LogP) is 3.29. The first kappa shape index (κ1) is 23.9. The van der Waals surface area contributed by atoms with E-state index in [0.717, 1.165) is 56.5 Å². The molecular formula is C21H35IN6O. The van der Waals surface area contributed by atoms with Crippen LogP contribution in [0.5, 0.6) is 0 Å². The van der Waals surface area contributed by atoms with Crippen molar-refractivity contribution in [1.82, 2.24) is 25.2 Å². The molecule has 3 rings (SSSR count). The van der Waals surface area contributed by atoms with E-state index in [-0.39, 0.29) is 35.5 Å². The number of hydrogen-bond donors (Lipinski definition) is 2. The van der Waals surface area contributed by atoms with Gasteiger partial charge in [-0.2, -0.15) is 0 Å². The zero-order valence-electron chi connectivity index (χ0n) is 18.0. The fraction of sp³-hybridized carbons (Fsp3) is 0.667. The SMILES string of the molecule is CCNC(=NCC1CCCOC1C(C)(C)C)NCCc1nnc2ccccn12.I. The van der Waals surface area contributed by atoms with Crippen LogP contribution < -0.4 is 10.6 Å². The third-order valence-electron chi connectivity index (χ3n) is 5.15. The fourth-order valence-electron chi connectivity index (χ4n) is 3.89. The Bertz CT molecular complexity index is 785. The molecule has 0 spiro atoms. The van der Waals surface area contributed by atoms with Crippen molar-refractivity contribution in [1.29, 1.82) is 0 Å². The van der Waals surface area contributed by atoms with E-state index in [0.29, 0.717) is 5.92 Å². The summed E-state index contributed by atoms with van der Waals surface area (Å²) in [6.07, 6.45) is 5.34. The molecule has 2 aromatic rings. The smallest absolute Gasteiger partial charge is 0.191 e. The fourth-order valence-corrected chi connectivity index (χ4v) is 3.89. The molecule has 2 aromatic heterocycles. The monoisotopic (exact) mass is 514 g/mol. The minimum absolute atomic E-state index is 0. The summed E-state index contributed by atoms with van der Waals surface area (Å²) in [4.78, 5) is 4.85. The van der Waals surface area contributed by atoms with Gasteiger partial charge in [0.1, 0.15) is 5.82 Å². The summed E-state index contributed by atoms with van der Waals surface area (Å²) in [5.74, 6) is 2.27. The molecule has 0 radical (unpaired) electrons. The summed E-state index contributed by atoms with van der Waals surface area (Å²) >= 11 is 0. The molecule has 2 N–H and O–H groups in total. The molecule has 29 heavy (non-hydrogen) atoms. The van der Waals surface area contributed by atoms with Gasteiger partial charge in [-0.3, -0.25) is 9.39 Å². The van der Waals surface area contributed by atoms with Crippen LogP contribution >= 0.6 is 24.0 Å². The summed E-state index contributed by atoms with van der Waals surface area (Å²) in [5, 5.41) is 15.3. The van der Waals surface area contributed by atoms with Gasteiger partial charge in [-0.15, -0.1) is 34.2 Å². The van der Waals surface area contributed by atoms with Gasteiger partial charge in [0.25, 0.3) is 0 Å². The van der Waals surface area contributed by atoms with Gasteiger partial charge in [-0.05, 0) is 37.3 Å². The van der Waals surface area contributed by atoms with Crippen molar-refractivity contribution in [2.75, 3.05) is 26.2 Å². The molecule has 1 saturated heterocycles. The molecule has 0 bridgehead atoms. The van der Waals surface area contributed by atoms with Gasteiger partial charge in [-0.25, -0.2) is 0 Å². The van der Waals surface area contributed by atoms with Gasteiger partial charge in [0.05, 0.1) is 6.10 Å². The molecule has 7 nitrogen and oxygen atoms in total. The maximum atomic E-state index is 6.09. The summed E-state index contributed by atoms with van der Waals surface area (Å²) in [6, 6.07) is 5.94. The lowest BCUT2D eigenvalue weighted by Crippen LogP contribution is -2.43.